The summed E-state index contributed by atoms with van der Waals surface area (Å²) in [6.07, 6.45) is 0. The molecule has 2 aromatic rings. The highest BCUT2D eigenvalue weighted by molar-refractivity contribution is 8.00. The van der Waals surface area contributed by atoms with Crippen molar-refractivity contribution >= 4 is 23.1 Å². The fraction of sp³-hybridized carbons (Fsp3) is 0.200. The number of nitrogens with one attached hydrogen (secondary N) is 2. The number of hydrogen-bond acceptors (Lipinski definition) is 4. The third kappa shape index (κ3) is 2.36. The van der Waals surface area contributed by atoms with Gasteiger partial charge in [-0.05, 0) is 35.9 Å². The standard InChI is InChI=1S/C15H16N2OS/c1-16-11-5-3-10(4-6-11)15-17-13-8-7-12(18-2)9-14(13)19-15/h3-9,15-17H,1-2H3. The number of methoxy groups -OCH3 is 1. The number of fused-ring (bicyclic) bond motifs is 1. The molecule has 0 amide bonds. The van der Waals surface area contributed by atoms with E-state index in [-0.39, 0.29) is 5.37 Å². The van der Waals surface area contributed by atoms with Crippen molar-refractivity contribution in [1.82, 2.24) is 0 Å². The normalized spacial score (nSPS) is 16.6. The zero-order valence-corrected chi connectivity index (χ0v) is 11.8. The van der Waals surface area contributed by atoms with Gasteiger partial charge >= 0.3 is 0 Å². The minimum atomic E-state index is 0.271. The van der Waals surface area contributed by atoms with Gasteiger partial charge in [-0.3, -0.25) is 0 Å². The molecule has 1 aliphatic heterocycles. The van der Waals surface area contributed by atoms with Crippen molar-refractivity contribution in [2.45, 2.75) is 10.3 Å². The monoisotopic (exact) mass is 272 g/mol. The van der Waals surface area contributed by atoms with E-state index in [0.717, 1.165) is 11.4 Å². The highest BCUT2D eigenvalue weighted by Gasteiger charge is 2.23. The van der Waals surface area contributed by atoms with Crippen LogP contribution in [0.15, 0.2) is 47.4 Å². The van der Waals surface area contributed by atoms with Gasteiger partial charge in [0.25, 0.3) is 0 Å². The highest BCUT2D eigenvalue weighted by atomic mass is 32.2. The van der Waals surface area contributed by atoms with Gasteiger partial charge in [0.05, 0.1) is 7.11 Å². The molecule has 1 unspecified atom stereocenters. The summed E-state index contributed by atoms with van der Waals surface area (Å²) in [4.78, 5) is 1.24. The third-order valence-electron chi connectivity index (χ3n) is 3.22. The lowest BCUT2D eigenvalue weighted by atomic mass is 10.2. The Labute approximate surface area is 117 Å². The molecule has 1 atom stereocenters. The lowest BCUT2D eigenvalue weighted by Gasteiger charge is -2.11. The van der Waals surface area contributed by atoms with Crippen molar-refractivity contribution < 1.29 is 4.74 Å². The molecule has 3 nitrogen and oxygen atoms in total. The molecule has 2 aromatic carbocycles. The summed E-state index contributed by atoms with van der Waals surface area (Å²) in [5, 5.41) is 6.93. The maximum atomic E-state index is 5.26. The minimum absolute atomic E-state index is 0.271. The molecule has 1 heterocycles. The molecule has 0 bridgehead atoms. The number of hydrogen-bond donors (Lipinski definition) is 2. The van der Waals surface area contributed by atoms with Crippen LogP contribution in [0.5, 0.6) is 5.75 Å². The van der Waals surface area contributed by atoms with Gasteiger partial charge in [-0.1, -0.05) is 23.9 Å². The molecule has 0 saturated carbocycles. The van der Waals surface area contributed by atoms with Gasteiger partial charge in [0.1, 0.15) is 11.1 Å². The fourth-order valence-corrected chi connectivity index (χ4v) is 3.29. The fourth-order valence-electron chi connectivity index (χ4n) is 2.12. The molecule has 19 heavy (non-hydrogen) atoms. The molecular formula is C15H16N2OS. The minimum Gasteiger partial charge on any atom is -0.497 e. The Balaban J connectivity index is 1.82. The second-order valence-electron chi connectivity index (χ2n) is 4.38. The van der Waals surface area contributed by atoms with E-state index in [1.165, 1.54) is 16.1 Å². The summed E-state index contributed by atoms with van der Waals surface area (Å²) in [7, 11) is 3.63. The van der Waals surface area contributed by atoms with E-state index in [2.05, 4.69) is 47.0 Å². The Morgan fingerprint density at radius 2 is 1.95 bits per heavy atom. The van der Waals surface area contributed by atoms with E-state index in [9.17, 15) is 0 Å². The highest BCUT2D eigenvalue weighted by Crippen LogP contribution is 2.47. The first-order valence-corrected chi connectivity index (χ1v) is 7.07. The number of benzene rings is 2. The zero-order chi connectivity index (χ0) is 13.2. The zero-order valence-electron chi connectivity index (χ0n) is 10.9. The smallest absolute Gasteiger partial charge is 0.120 e. The molecule has 4 heteroatoms. The van der Waals surface area contributed by atoms with Gasteiger partial charge in [0, 0.05) is 23.3 Å². The summed E-state index contributed by atoms with van der Waals surface area (Å²) < 4.78 is 5.26. The summed E-state index contributed by atoms with van der Waals surface area (Å²) in [5.74, 6) is 0.902. The molecule has 3 rings (SSSR count). The Hall–Kier alpha value is -1.81. The largest absolute Gasteiger partial charge is 0.497 e. The Bertz CT molecular complexity index is 583. The molecule has 0 aliphatic carbocycles. The van der Waals surface area contributed by atoms with Crippen molar-refractivity contribution in [2.75, 3.05) is 24.8 Å². The van der Waals surface area contributed by atoms with Crippen LogP contribution in [0.25, 0.3) is 0 Å². The topological polar surface area (TPSA) is 33.3 Å². The SMILES string of the molecule is CNc1ccc(C2Nc3ccc(OC)cc3S2)cc1. The molecule has 98 valence electrons. The van der Waals surface area contributed by atoms with Gasteiger partial charge in [0.2, 0.25) is 0 Å². The first-order chi connectivity index (χ1) is 9.30. The lowest BCUT2D eigenvalue weighted by Crippen LogP contribution is -2.01. The van der Waals surface area contributed by atoms with Crippen LogP contribution < -0.4 is 15.4 Å². The summed E-state index contributed by atoms with van der Waals surface area (Å²) in [6, 6.07) is 14.6. The van der Waals surface area contributed by atoms with Crippen molar-refractivity contribution in [3.05, 3.63) is 48.0 Å². The number of anilines is 2. The van der Waals surface area contributed by atoms with Crippen LogP contribution in [0.3, 0.4) is 0 Å². The molecule has 0 aromatic heterocycles. The Morgan fingerprint density at radius 1 is 1.16 bits per heavy atom. The van der Waals surface area contributed by atoms with Crippen LogP contribution in [0, 0.1) is 0 Å². The van der Waals surface area contributed by atoms with E-state index in [0.29, 0.717) is 0 Å². The van der Waals surface area contributed by atoms with Gasteiger partial charge in [-0.2, -0.15) is 0 Å². The quantitative estimate of drug-likeness (QED) is 0.886. The van der Waals surface area contributed by atoms with Crippen LogP contribution in [0.4, 0.5) is 11.4 Å². The van der Waals surface area contributed by atoms with Gasteiger partial charge in [-0.25, -0.2) is 0 Å². The van der Waals surface area contributed by atoms with E-state index in [1.807, 2.05) is 24.9 Å². The van der Waals surface area contributed by atoms with Crippen molar-refractivity contribution in [1.29, 1.82) is 0 Å². The molecular weight excluding hydrogens is 256 g/mol. The maximum Gasteiger partial charge on any atom is 0.120 e. The summed E-state index contributed by atoms with van der Waals surface area (Å²) >= 11 is 1.82. The van der Waals surface area contributed by atoms with Gasteiger partial charge < -0.3 is 15.4 Å². The molecule has 2 N–H and O–H groups in total. The molecule has 0 saturated heterocycles. The second kappa shape index (κ2) is 5.05. The average Bonchev–Trinajstić information content (AvgIpc) is 2.90. The van der Waals surface area contributed by atoms with E-state index < -0.39 is 0 Å². The van der Waals surface area contributed by atoms with Crippen molar-refractivity contribution in [2.24, 2.45) is 0 Å². The number of thioether (sulfide) groups is 1. The Morgan fingerprint density at radius 3 is 2.63 bits per heavy atom. The van der Waals surface area contributed by atoms with Gasteiger partial charge in [0.15, 0.2) is 0 Å². The van der Waals surface area contributed by atoms with Gasteiger partial charge in [-0.15, -0.1) is 0 Å². The van der Waals surface area contributed by atoms with Crippen molar-refractivity contribution in [3.63, 3.8) is 0 Å². The maximum absolute atomic E-state index is 5.26. The second-order valence-corrected chi connectivity index (χ2v) is 5.52. The summed E-state index contributed by atoms with van der Waals surface area (Å²) in [6.45, 7) is 0. The van der Waals surface area contributed by atoms with Crippen LogP contribution in [0.1, 0.15) is 10.9 Å². The van der Waals surface area contributed by atoms with E-state index in [4.69, 9.17) is 4.74 Å². The first-order valence-electron chi connectivity index (χ1n) is 6.19. The van der Waals surface area contributed by atoms with Crippen molar-refractivity contribution in [3.8, 4) is 5.75 Å². The first kappa shape index (κ1) is 12.2. The predicted molar refractivity (Wildman–Crippen MR) is 81.2 cm³/mol. The molecule has 1 aliphatic rings. The number of rotatable bonds is 3. The van der Waals surface area contributed by atoms with Crippen LogP contribution in [0.2, 0.25) is 0 Å². The predicted octanol–water partition coefficient (Wildman–Crippen LogP) is 3.95. The number of ether oxygens (including phenoxy) is 1. The van der Waals surface area contributed by atoms with E-state index >= 15 is 0 Å². The van der Waals surface area contributed by atoms with Crippen LogP contribution >= 0.6 is 11.8 Å². The summed E-state index contributed by atoms with van der Waals surface area (Å²) in [5.41, 5.74) is 3.58. The van der Waals surface area contributed by atoms with Crippen LogP contribution in [-0.2, 0) is 0 Å². The Kier molecular flexibility index (Phi) is 3.25. The van der Waals surface area contributed by atoms with E-state index in [1.54, 1.807) is 7.11 Å². The molecule has 0 radical (unpaired) electrons. The lowest BCUT2D eigenvalue weighted by molar-refractivity contribution is 0.414. The average molecular weight is 272 g/mol. The molecule has 0 fully saturated rings. The van der Waals surface area contributed by atoms with Crippen LogP contribution in [-0.4, -0.2) is 14.2 Å². The third-order valence-corrected chi connectivity index (χ3v) is 4.44. The molecule has 0 spiro atoms.